The molecule has 0 aliphatic heterocycles. The monoisotopic (exact) mass is 257 g/mol. The van der Waals surface area contributed by atoms with Crippen molar-refractivity contribution in [2.45, 2.75) is 19.8 Å². The number of ether oxygens (including phenoxy) is 1. The normalized spacial score (nSPS) is 10.2. The minimum atomic E-state index is -2.87. The molecular formula is C12H10F3NO2. The first-order valence-corrected chi connectivity index (χ1v) is 5.15. The van der Waals surface area contributed by atoms with Gasteiger partial charge in [0.1, 0.15) is 5.82 Å². The summed E-state index contributed by atoms with van der Waals surface area (Å²) in [6.45, 7) is 1.71. The molecule has 0 saturated carbocycles. The Morgan fingerprint density at radius 3 is 2.67 bits per heavy atom. The highest BCUT2D eigenvalue weighted by Gasteiger charge is 2.18. The molecule has 0 radical (unpaired) electrons. The molecule has 3 nitrogen and oxygen atoms in total. The van der Waals surface area contributed by atoms with Crippen LogP contribution in [0.4, 0.5) is 13.2 Å². The van der Waals surface area contributed by atoms with Gasteiger partial charge in [-0.25, -0.2) is 13.2 Å². The minimum absolute atomic E-state index is 0.122. The van der Waals surface area contributed by atoms with Crippen molar-refractivity contribution in [3.8, 4) is 6.07 Å². The molecule has 1 aromatic rings. The van der Waals surface area contributed by atoms with Crippen LogP contribution in [0.3, 0.4) is 0 Å². The van der Waals surface area contributed by atoms with Gasteiger partial charge in [0.25, 0.3) is 6.43 Å². The van der Waals surface area contributed by atoms with Crippen molar-refractivity contribution in [3.63, 3.8) is 0 Å². The Balaban J connectivity index is 3.12. The molecule has 0 aliphatic carbocycles. The van der Waals surface area contributed by atoms with Crippen LogP contribution in [0.15, 0.2) is 12.1 Å². The second-order valence-electron chi connectivity index (χ2n) is 3.42. The van der Waals surface area contributed by atoms with E-state index in [9.17, 15) is 18.0 Å². The number of nitrogens with zero attached hydrogens (tertiary/aromatic N) is 1. The van der Waals surface area contributed by atoms with Crippen LogP contribution in [0.5, 0.6) is 0 Å². The van der Waals surface area contributed by atoms with E-state index in [1.165, 1.54) is 0 Å². The maximum atomic E-state index is 13.6. The second kappa shape index (κ2) is 6.05. The minimum Gasteiger partial charge on any atom is -0.466 e. The third kappa shape index (κ3) is 3.23. The largest absolute Gasteiger partial charge is 0.466 e. The van der Waals surface area contributed by atoms with Gasteiger partial charge in [-0.2, -0.15) is 5.26 Å². The molecule has 0 bridgehead atoms. The van der Waals surface area contributed by atoms with Crippen LogP contribution >= 0.6 is 0 Å². The fourth-order valence-electron chi connectivity index (χ4n) is 1.42. The molecule has 0 N–H and O–H groups in total. The van der Waals surface area contributed by atoms with E-state index in [1.54, 1.807) is 13.0 Å². The standard InChI is InChI=1S/C12H10F3NO2/c1-2-18-11(17)5-9-8(6-16)3-7(12(14)15)4-10(9)13/h3-4,12H,2,5H2,1H3. The Morgan fingerprint density at radius 1 is 1.50 bits per heavy atom. The molecule has 6 heteroatoms. The Morgan fingerprint density at radius 2 is 2.17 bits per heavy atom. The van der Waals surface area contributed by atoms with E-state index in [4.69, 9.17) is 5.26 Å². The van der Waals surface area contributed by atoms with E-state index in [-0.39, 0.29) is 17.7 Å². The molecule has 0 amide bonds. The van der Waals surface area contributed by atoms with Crippen LogP contribution in [-0.4, -0.2) is 12.6 Å². The molecule has 18 heavy (non-hydrogen) atoms. The number of carbonyl (C=O) groups excluding carboxylic acids is 1. The molecule has 0 heterocycles. The van der Waals surface area contributed by atoms with Crippen molar-refractivity contribution >= 4 is 5.97 Å². The van der Waals surface area contributed by atoms with Gasteiger partial charge in [0.2, 0.25) is 0 Å². The average molecular weight is 257 g/mol. The second-order valence-corrected chi connectivity index (χ2v) is 3.42. The van der Waals surface area contributed by atoms with Gasteiger partial charge < -0.3 is 4.74 Å². The number of halogens is 3. The summed E-state index contributed by atoms with van der Waals surface area (Å²) in [7, 11) is 0. The quantitative estimate of drug-likeness (QED) is 0.779. The third-order valence-electron chi connectivity index (χ3n) is 2.22. The van der Waals surface area contributed by atoms with E-state index in [0.717, 1.165) is 6.07 Å². The molecule has 0 atom stereocenters. The first-order chi connectivity index (χ1) is 8.49. The Labute approximate surface area is 102 Å². The van der Waals surface area contributed by atoms with Gasteiger partial charge in [-0.1, -0.05) is 0 Å². The summed E-state index contributed by atoms with van der Waals surface area (Å²) < 4.78 is 43.0. The van der Waals surface area contributed by atoms with Gasteiger partial charge in [0.05, 0.1) is 24.7 Å². The van der Waals surface area contributed by atoms with E-state index in [1.807, 2.05) is 0 Å². The van der Waals surface area contributed by atoms with Crippen molar-refractivity contribution in [1.29, 1.82) is 5.26 Å². The summed E-state index contributed by atoms with van der Waals surface area (Å²) in [4.78, 5) is 11.2. The van der Waals surface area contributed by atoms with Gasteiger partial charge in [0, 0.05) is 11.1 Å². The van der Waals surface area contributed by atoms with Gasteiger partial charge in [-0.15, -0.1) is 0 Å². The predicted octanol–water partition coefficient (Wildman–Crippen LogP) is 2.74. The van der Waals surface area contributed by atoms with Gasteiger partial charge in [-0.05, 0) is 19.1 Å². The number of hydrogen-bond acceptors (Lipinski definition) is 3. The van der Waals surface area contributed by atoms with Crippen molar-refractivity contribution < 1.29 is 22.7 Å². The smallest absolute Gasteiger partial charge is 0.310 e. The van der Waals surface area contributed by atoms with Crippen LogP contribution in [0.25, 0.3) is 0 Å². The lowest BCUT2D eigenvalue weighted by Gasteiger charge is -2.08. The molecule has 96 valence electrons. The summed E-state index contributed by atoms with van der Waals surface area (Å²) >= 11 is 0. The van der Waals surface area contributed by atoms with Gasteiger partial charge >= 0.3 is 5.97 Å². The maximum Gasteiger partial charge on any atom is 0.310 e. The summed E-state index contributed by atoms with van der Waals surface area (Å²) in [5.41, 5.74) is -1.09. The maximum absolute atomic E-state index is 13.6. The molecule has 0 aromatic heterocycles. The van der Waals surface area contributed by atoms with E-state index >= 15 is 0 Å². The number of rotatable bonds is 4. The van der Waals surface area contributed by atoms with E-state index in [0.29, 0.717) is 6.07 Å². The number of carbonyl (C=O) groups is 1. The molecule has 0 saturated heterocycles. The predicted molar refractivity (Wildman–Crippen MR) is 56.4 cm³/mol. The number of benzene rings is 1. The molecule has 0 unspecified atom stereocenters. The summed E-state index contributed by atoms with van der Waals surface area (Å²) in [5, 5.41) is 8.78. The number of alkyl halides is 2. The topological polar surface area (TPSA) is 50.1 Å². The zero-order chi connectivity index (χ0) is 13.7. The van der Waals surface area contributed by atoms with Crippen LogP contribution in [0, 0.1) is 17.1 Å². The first kappa shape index (κ1) is 14.0. The average Bonchev–Trinajstić information content (AvgIpc) is 2.31. The lowest BCUT2D eigenvalue weighted by Crippen LogP contribution is -2.11. The molecule has 1 aromatic carbocycles. The summed E-state index contributed by atoms with van der Waals surface area (Å²) in [5.74, 6) is -1.71. The Kier molecular flexibility index (Phi) is 4.72. The molecular weight excluding hydrogens is 247 g/mol. The first-order valence-electron chi connectivity index (χ1n) is 5.15. The Bertz CT molecular complexity index is 495. The Hall–Kier alpha value is -2.03. The number of esters is 1. The fourth-order valence-corrected chi connectivity index (χ4v) is 1.42. The highest BCUT2D eigenvalue weighted by molar-refractivity contribution is 5.73. The van der Waals surface area contributed by atoms with Crippen LogP contribution in [0.1, 0.15) is 30.0 Å². The van der Waals surface area contributed by atoms with Gasteiger partial charge in [-0.3, -0.25) is 4.79 Å². The fraction of sp³-hybridized carbons (Fsp3) is 0.333. The van der Waals surface area contributed by atoms with Crippen molar-refractivity contribution in [3.05, 3.63) is 34.6 Å². The molecule has 0 fully saturated rings. The van der Waals surface area contributed by atoms with Crippen molar-refractivity contribution in [2.24, 2.45) is 0 Å². The SMILES string of the molecule is CCOC(=O)Cc1c(F)cc(C(F)F)cc1C#N. The number of hydrogen-bond donors (Lipinski definition) is 0. The lowest BCUT2D eigenvalue weighted by molar-refractivity contribution is -0.142. The van der Waals surface area contributed by atoms with Crippen molar-refractivity contribution in [2.75, 3.05) is 6.61 Å². The third-order valence-corrected chi connectivity index (χ3v) is 2.22. The molecule has 0 spiro atoms. The van der Waals surface area contributed by atoms with Crippen LogP contribution in [0.2, 0.25) is 0 Å². The zero-order valence-corrected chi connectivity index (χ0v) is 9.54. The zero-order valence-electron chi connectivity index (χ0n) is 9.54. The highest BCUT2D eigenvalue weighted by atomic mass is 19.3. The van der Waals surface area contributed by atoms with Crippen LogP contribution in [-0.2, 0) is 16.0 Å². The van der Waals surface area contributed by atoms with E-state index < -0.39 is 30.2 Å². The number of nitriles is 1. The van der Waals surface area contributed by atoms with Crippen molar-refractivity contribution in [1.82, 2.24) is 0 Å². The summed E-state index contributed by atoms with van der Waals surface area (Å²) in [6.07, 6.45) is -3.32. The molecule has 0 aliphatic rings. The highest BCUT2D eigenvalue weighted by Crippen LogP contribution is 2.24. The van der Waals surface area contributed by atoms with E-state index in [2.05, 4.69) is 4.74 Å². The van der Waals surface area contributed by atoms with Gasteiger partial charge in [0.15, 0.2) is 0 Å². The summed E-state index contributed by atoms with van der Waals surface area (Å²) in [6, 6.07) is 3.10. The molecule has 1 rings (SSSR count). The van der Waals surface area contributed by atoms with Crippen LogP contribution < -0.4 is 0 Å². The lowest BCUT2D eigenvalue weighted by atomic mass is 10.0.